The molecule has 166 valence electrons. The third kappa shape index (κ3) is 4.43. The molecule has 4 aromatic rings. The van der Waals surface area contributed by atoms with Crippen LogP contribution in [0.25, 0.3) is 21.8 Å². The number of nitrogens with one attached hydrogen (secondary N) is 2. The van der Waals surface area contributed by atoms with E-state index >= 15 is 0 Å². The summed E-state index contributed by atoms with van der Waals surface area (Å²) in [6.07, 6.45) is 1.58. The Morgan fingerprint density at radius 3 is 2.69 bits per heavy atom. The number of benzene rings is 2. The molecule has 0 aliphatic heterocycles. The first-order valence-electron chi connectivity index (χ1n) is 10.9. The summed E-state index contributed by atoms with van der Waals surface area (Å²) in [4.78, 5) is 27.7. The molecule has 32 heavy (non-hydrogen) atoms. The first kappa shape index (κ1) is 21.8. The SMILES string of the molecule is Cc1[nH]nc2c1c(=O)n(CCCNC(=O)c1ccccc1)c1ccc(CCN(C)C)cc21. The van der Waals surface area contributed by atoms with Gasteiger partial charge in [0.2, 0.25) is 0 Å². The number of aromatic amines is 1. The van der Waals surface area contributed by atoms with E-state index in [9.17, 15) is 9.59 Å². The summed E-state index contributed by atoms with van der Waals surface area (Å²) in [5.41, 5.74) is 4.18. The minimum Gasteiger partial charge on any atom is -0.352 e. The molecule has 0 bridgehead atoms. The Morgan fingerprint density at radius 2 is 1.94 bits per heavy atom. The van der Waals surface area contributed by atoms with Crippen molar-refractivity contribution < 1.29 is 4.79 Å². The fraction of sp³-hybridized carbons (Fsp3) is 0.320. The third-order valence-corrected chi connectivity index (χ3v) is 5.74. The predicted octanol–water partition coefficient (Wildman–Crippen LogP) is 3.11. The van der Waals surface area contributed by atoms with Crippen LogP contribution < -0.4 is 10.9 Å². The number of rotatable bonds is 8. The molecule has 4 rings (SSSR count). The number of H-pyrrole nitrogens is 1. The lowest BCUT2D eigenvalue weighted by atomic mass is 10.1. The van der Waals surface area contributed by atoms with Crippen LogP contribution in [0.4, 0.5) is 0 Å². The van der Waals surface area contributed by atoms with Crippen molar-refractivity contribution >= 4 is 27.7 Å². The molecule has 2 aromatic carbocycles. The number of pyridine rings is 1. The molecular formula is C25H29N5O2. The monoisotopic (exact) mass is 431 g/mol. The van der Waals surface area contributed by atoms with Crippen LogP contribution in [0.15, 0.2) is 53.3 Å². The van der Waals surface area contributed by atoms with Crippen molar-refractivity contribution in [3.63, 3.8) is 0 Å². The van der Waals surface area contributed by atoms with E-state index in [1.807, 2.05) is 35.8 Å². The van der Waals surface area contributed by atoms with E-state index < -0.39 is 0 Å². The van der Waals surface area contributed by atoms with Crippen LogP contribution in [0.3, 0.4) is 0 Å². The van der Waals surface area contributed by atoms with E-state index in [1.54, 1.807) is 12.1 Å². The Balaban J connectivity index is 1.59. The zero-order valence-corrected chi connectivity index (χ0v) is 18.8. The average molecular weight is 432 g/mol. The second-order valence-electron chi connectivity index (χ2n) is 8.41. The van der Waals surface area contributed by atoms with Crippen molar-refractivity contribution in [3.05, 3.63) is 75.7 Å². The van der Waals surface area contributed by atoms with Crippen molar-refractivity contribution in [2.75, 3.05) is 27.2 Å². The van der Waals surface area contributed by atoms with Gasteiger partial charge in [0.05, 0.1) is 10.9 Å². The maximum absolute atomic E-state index is 13.3. The molecule has 0 unspecified atom stereocenters. The van der Waals surface area contributed by atoms with E-state index in [0.29, 0.717) is 30.5 Å². The van der Waals surface area contributed by atoms with Crippen LogP contribution in [0, 0.1) is 6.92 Å². The van der Waals surface area contributed by atoms with Crippen molar-refractivity contribution in [1.82, 2.24) is 25.0 Å². The van der Waals surface area contributed by atoms with E-state index in [2.05, 4.69) is 46.6 Å². The number of likely N-dealkylation sites (N-methyl/N-ethyl adjacent to an activating group) is 1. The lowest BCUT2D eigenvalue weighted by Gasteiger charge is -2.14. The fourth-order valence-corrected chi connectivity index (χ4v) is 4.00. The van der Waals surface area contributed by atoms with Gasteiger partial charge >= 0.3 is 0 Å². The number of nitrogens with zero attached hydrogens (tertiary/aromatic N) is 3. The Labute approximate surface area is 187 Å². The maximum Gasteiger partial charge on any atom is 0.262 e. The molecule has 2 aromatic heterocycles. The minimum atomic E-state index is -0.102. The number of aryl methyl sites for hydroxylation is 2. The molecule has 0 saturated carbocycles. The van der Waals surface area contributed by atoms with Gasteiger partial charge in [0.25, 0.3) is 11.5 Å². The molecular weight excluding hydrogens is 402 g/mol. The normalized spacial score (nSPS) is 11.5. The summed E-state index contributed by atoms with van der Waals surface area (Å²) in [6, 6.07) is 15.4. The van der Waals surface area contributed by atoms with Gasteiger partial charge in [-0.15, -0.1) is 0 Å². The van der Waals surface area contributed by atoms with Gasteiger partial charge in [-0.05, 0) is 63.7 Å². The zero-order chi connectivity index (χ0) is 22.7. The largest absolute Gasteiger partial charge is 0.352 e. The Bertz CT molecular complexity index is 1300. The number of aromatic nitrogens is 3. The highest BCUT2D eigenvalue weighted by molar-refractivity contribution is 6.04. The molecule has 7 heteroatoms. The summed E-state index contributed by atoms with van der Waals surface area (Å²) in [6.45, 7) is 3.84. The van der Waals surface area contributed by atoms with Gasteiger partial charge in [-0.3, -0.25) is 14.7 Å². The highest BCUT2D eigenvalue weighted by Crippen LogP contribution is 2.24. The summed E-state index contributed by atoms with van der Waals surface area (Å²) >= 11 is 0. The molecule has 7 nitrogen and oxygen atoms in total. The second-order valence-corrected chi connectivity index (χ2v) is 8.41. The van der Waals surface area contributed by atoms with Crippen molar-refractivity contribution in [2.24, 2.45) is 0 Å². The number of fused-ring (bicyclic) bond motifs is 3. The molecule has 2 N–H and O–H groups in total. The molecule has 0 aliphatic carbocycles. The van der Waals surface area contributed by atoms with Crippen LogP contribution in [-0.2, 0) is 13.0 Å². The molecule has 0 atom stereocenters. The summed E-state index contributed by atoms with van der Waals surface area (Å²) < 4.78 is 1.81. The molecule has 1 amide bonds. The highest BCUT2D eigenvalue weighted by Gasteiger charge is 2.16. The van der Waals surface area contributed by atoms with Gasteiger partial charge in [-0.1, -0.05) is 24.3 Å². The summed E-state index contributed by atoms with van der Waals surface area (Å²) in [7, 11) is 4.12. The number of hydrogen-bond acceptors (Lipinski definition) is 4. The van der Waals surface area contributed by atoms with Gasteiger partial charge in [-0.25, -0.2) is 0 Å². The van der Waals surface area contributed by atoms with E-state index in [4.69, 9.17) is 0 Å². The average Bonchev–Trinajstić information content (AvgIpc) is 3.19. The van der Waals surface area contributed by atoms with Gasteiger partial charge in [0.1, 0.15) is 5.52 Å². The Kier molecular flexibility index (Phi) is 6.37. The number of carbonyl (C=O) groups is 1. The first-order valence-corrected chi connectivity index (χ1v) is 10.9. The Hall–Kier alpha value is -3.45. The van der Waals surface area contributed by atoms with Gasteiger partial charge in [0.15, 0.2) is 0 Å². The fourth-order valence-electron chi connectivity index (χ4n) is 4.00. The van der Waals surface area contributed by atoms with E-state index in [1.165, 1.54) is 5.56 Å². The third-order valence-electron chi connectivity index (χ3n) is 5.74. The molecule has 0 fully saturated rings. The lowest BCUT2D eigenvalue weighted by molar-refractivity contribution is 0.0952. The topological polar surface area (TPSA) is 83.0 Å². The standard InChI is InChI=1S/C25H29N5O2/c1-17-22-23(28-27-17)20-16-18(12-15-29(2)3)10-11-21(20)30(25(22)32)14-7-13-26-24(31)19-8-5-4-6-9-19/h4-6,8-11,16H,7,12-15H2,1-3H3,(H,26,31)(H,27,28). The number of amides is 1. The van der Waals surface area contributed by atoms with Crippen LogP contribution in [0.2, 0.25) is 0 Å². The zero-order valence-electron chi connectivity index (χ0n) is 18.8. The van der Waals surface area contributed by atoms with Crippen LogP contribution in [-0.4, -0.2) is 52.8 Å². The van der Waals surface area contributed by atoms with E-state index in [-0.39, 0.29) is 11.5 Å². The summed E-state index contributed by atoms with van der Waals surface area (Å²) in [5, 5.41) is 12.0. The van der Waals surface area contributed by atoms with Crippen LogP contribution >= 0.6 is 0 Å². The van der Waals surface area contributed by atoms with Crippen molar-refractivity contribution in [2.45, 2.75) is 26.3 Å². The molecule has 0 radical (unpaired) electrons. The summed E-state index contributed by atoms with van der Waals surface area (Å²) in [5.74, 6) is -0.102. The lowest BCUT2D eigenvalue weighted by Crippen LogP contribution is -2.27. The van der Waals surface area contributed by atoms with Crippen LogP contribution in [0.5, 0.6) is 0 Å². The smallest absolute Gasteiger partial charge is 0.262 e. The number of hydrogen-bond donors (Lipinski definition) is 2. The maximum atomic E-state index is 13.3. The highest BCUT2D eigenvalue weighted by atomic mass is 16.1. The van der Waals surface area contributed by atoms with Gasteiger partial charge < -0.3 is 14.8 Å². The molecule has 0 saturated heterocycles. The van der Waals surface area contributed by atoms with Crippen molar-refractivity contribution in [1.29, 1.82) is 0 Å². The molecule has 0 spiro atoms. The molecule has 2 heterocycles. The van der Waals surface area contributed by atoms with Crippen LogP contribution in [0.1, 0.15) is 28.0 Å². The number of carbonyl (C=O) groups excluding carboxylic acids is 1. The van der Waals surface area contributed by atoms with Gasteiger partial charge in [0, 0.05) is 36.3 Å². The second kappa shape index (κ2) is 9.36. The van der Waals surface area contributed by atoms with E-state index in [0.717, 1.165) is 35.1 Å². The Morgan fingerprint density at radius 1 is 1.16 bits per heavy atom. The first-order chi connectivity index (χ1) is 15.5. The van der Waals surface area contributed by atoms with Crippen molar-refractivity contribution in [3.8, 4) is 0 Å². The predicted molar refractivity (Wildman–Crippen MR) is 128 cm³/mol. The minimum absolute atomic E-state index is 0.0471. The molecule has 0 aliphatic rings. The van der Waals surface area contributed by atoms with Gasteiger partial charge in [-0.2, -0.15) is 5.10 Å². The quantitative estimate of drug-likeness (QED) is 0.420.